The van der Waals surface area contributed by atoms with Gasteiger partial charge in [-0.15, -0.1) is 5.10 Å². The summed E-state index contributed by atoms with van der Waals surface area (Å²) in [5.41, 5.74) is 5.52. The summed E-state index contributed by atoms with van der Waals surface area (Å²) in [7, 11) is 1.62. The van der Waals surface area contributed by atoms with Crippen molar-refractivity contribution in [2.24, 2.45) is 0 Å². The Hall–Kier alpha value is -4.33. The molecule has 1 aromatic carbocycles. The quantitative estimate of drug-likeness (QED) is 0.371. The lowest BCUT2D eigenvalue weighted by Crippen LogP contribution is -2.18. The van der Waals surface area contributed by atoms with Crippen molar-refractivity contribution in [3.63, 3.8) is 0 Å². The highest BCUT2D eigenvalue weighted by Crippen LogP contribution is 2.34. The van der Waals surface area contributed by atoms with Crippen LogP contribution in [0.4, 0.5) is 0 Å². The third-order valence-corrected chi connectivity index (χ3v) is 6.32. The number of benzene rings is 1. The van der Waals surface area contributed by atoms with Crippen LogP contribution in [-0.4, -0.2) is 41.4 Å². The minimum absolute atomic E-state index is 0.0868. The van der Waals surface area contributed by atoms with Gasteiger partial charge in [-0.25, -0.2) is 19.6 Å². The molecule has 1 atom stereocenters. The molecule has 1 aliphatic rings. The topological polar surface area (TPSA) is 83.5 Å². The van der Waals surface area contributed by atoms with Crippen molar-refractivity contribution in [1.29, 1.82) is 0 Å². The monoisotopic (exact) mass is 463 g/mol. The van der Waals surface area contributed by atoms with Gasteiger partial charge in [-0.05, 0) is 44.0 Å². The van der Waals surface area contributed by atoms with Gasteiger partial charge in [-0.2, -0.15) is 0 Å². The van der Waals surface area contributed by atoms with Gasteiger partial charge in [0.25, 0.3) is 0 Å². The van der Waals surface area contributed by atoms with Crippen molar-refractivity contribution in [3.8, 4) is 34.3 Å². The molecule has 0 radical (unpaired) electrons. The van der Waals surface area contributed by atoms with E-state index in [-0.39, 0.29) is 5.92 Å². The lowest BCUT2D eigenvalue weighted by atomic mass is 9.94. The van der Waals surface area contributed by atoms with Crippen molar-refractivity contribution in [1.82, 2.24) is 34.3 Å². The first-order chi connectivity index (χ1) is 17.2. The summed E-state index contributed by atoms with van der Waals surface area (Å²) in [6.45, 7) is 2.78. The first-order valence-corrected chi connectivity index (χ1v) is 11.7. The summed E-state index contributed by atoms with van der Waals surface area (Å²) >= 11 is 0. The van der Waals surface area contributed by atoms with Crippen LogP contribution in [0.5, 0.6) is 5.88 Å². The normalized spacial score (nSPS) is 15.1. The molecule has 0 amide bonds. The fraction of sp³-hybridized carbons (Fsp3) is 0.222. The van der Waals surface area contributed by atoms with Crippen LogP contribution in [0.3, 0.4) is 0 Å². The molecular weight excluding hydrogens is 438 g/mol. The van der Waals surface area contributed by atoms with Gasteiger partial charge in [0, 0.05) is 18.3 Å². The number of hydrogen-bond acceptors (Lipinski definition) is 6. The minimum Gasteiger partial charge on any atom is -0.479 e. The van der Waals surface area contributed by atoms with Crippen LogP contribution in [-0.2, 0) is 6.54 Å². The molecule has 0 unspecified atom stereocenters. The zero-order valence-corrected chi connectivity index (χ0v) is 19.7. The molecule has 6 rings (SSSR count). The maximum absolute atomic E-state index is 5.59. The SMILES string of the molecule is COc1nc(-c2nc3n(n2)CCC[C@@H]3c2cccc(-c3ccccc3)n2)ccc1-n1cnc(C)c1. The van der Waals surface area contributed by atoms with Crippen LogP contribution in [0.15, 0.2) is 73.2 Å². The Morgan fingerprint density at radius 1 is 0.914 bits per heavy atom. The van der Waals surface area contributed by atoms with E-state index in [4.69, 9.17) is 24.8 Å². The van der Waals surface area contributed by atoms with E-state index in [0.29, 0.717) is 17.4 Å². The maximum atomic E-state index is 5.59. The summed E-state index contributed by atoms with van der Waals surface area (Å²) < 4.78 is 9.49. The molecule has 8 nitrogen and oxygen atoms in total. The van der Waals surface area contributed by atoms with Crippen molar-refractivity contribution in [2.75, 3.05) is 7.11 Å². The van der Waals surface area contributed by atoms with E-state index in [9.17, 15) is 0 Å². The van der Waals surface area contributed by atoms with E-state index in [1.54, 1.807) is 13.4 Å². The summed E-state index contributed by atoms with van der Waals surface area (Å²) in [6.07, 6.45) is 5.70. The van der Waals surface area contributed by atoms with Gasteiger partial charge in [-0.3, -0.25) is 4.98 Å². The molecule has 0 saturated carbocycles. The fourth-order valence-corrected chi connectivity index (χ4v) is 4.61. The predicted octanol–water partition coefficient (Wildman–Crippen LogP) is 4.83. The molecule has 174 valence electrons. The van der Waals surface area contributed by atoms with Crippen LogP contribution in [0, 0.1) is 6.92 Å². The number of aryl methyl sites for hydroxylation is 2. The number of methoxy groups -OCH3 is 1. The second-order valence-electron chi connectivity index (χ2n) is 8.67. The Kier molecular flexibility index (Phi) is 5.33. The van der Waals surface area contributed by atoms with Crippen LogP contribution in [0.1, 0.15) is 36.0 Å². The number of fused-ring (bicyclic) bond motifs is 1. The molecule has 35 heavy (non-hydrogen) atoms. The third kappa shape index (κ3) is 3.97. The van der Waals surface area contributed by atoms with Crippen LogP contribution in [0.2, 0.25) is 0 Å². The number of hydrogen-bond donors (Lipinski definition) is 0. The van der Waals surface area contributed by atoms with Gasteiger partial charge in [0.05, 0.1) is 36.4 Å². The lowest BCUT2D eigenvalue weighted by Gasteiger charge is -2.22. The fourth-order valence-electron chi connectivity index (χ4n) is 4.61. The average Bonchev–Trinajstić information content (AvgIpc) is 3.55. The van der Waals surface area contributed by atoms with Crippen molar-refractivity contribution in [3.05, 3.63) is 90.4 Å². The standard InChI is InChI=1S/C27H25N7O/c1-18-16-33(17-28-18)24-14-13-23(30-27(24)35-2)25-31-26-20(10-7-15-34(26)32-25)22-12-6-11-21(29-22)19-8-4-3-5-9-19/h3-6,8-9,11-14,16-17,20H,7,10,15H2,1-2H3/t20-/m1/s1. The van der Waals surface area contributed by atoms with Crippen LogP contribution >= 0.6 is 0 Å². The lowest BCUT2D eigenvalue weighted by molar-refractivity contribution is 0.396. The highest BCUT2D eigenvalue weighted by Gasteiger charge is 2.28. The van der Waals surface area contributed by atoms with Gasteiger partial charge in [0.2, 0.25) is 5.88 Å². The van der Waals surface area contributed by atoms with E-state index in [1.807, 2.05) is 52.7 Å². The highest BCUT2D eigenvalue weighted by molar-refractivity contribution is 5.59. The minimum atomic E-state index is 0.0868. The van der Waals surface area contributed by atoms with E-state index < -0.39 is 0 Å². The van der Waals surface area contributed by atoms with Gasteiger partial charge in [0.15, 0.2) is 5.82 Å². The molecule has 0 aliphatic carbocycles. The van der Waals surface area contributed by atoms with E-state index in [2.05, 4.69) is 35.3 Å². The smallest absolute Gasteiger partial charge is 0.238 e. The highest BCUT2D eigenvalue weighted by atomic mass is 16.5. The molecule has 5 heterocycles. The Morgan fingerprint density at radius 2 is 1.80 bits per heavy atom. The summed E-state index contributed by atoms with van der Waals surface area (Å²) in [6, 6.07) is 20.4. The molecule has 0 bridgehead atoms. The van der Waals surface area contributed by atoms with Gasteiger partial charge in [0.1, 0.15) is 17.2 Å². The maximum Gasteiger partial charge on any atom is 0.238 e. The van der Waals surface area contributed by atoms with E-state index in [1.165, 1.54) is 0 Å². The number of nitrogens with zero attached hydrogens (tertiary/aromatic N) is 7. The molecule has 0 saturated heterocycles. The Morgan fingerprint density at radius 3 is 2.60 bits per heavy atom. The van der Waals surface area contributed by atoms with Crippen LogP contribution in [0.25, 0.3) is 28.5 Å². The summed E-state index contributed by atoms with van der Waals surface area (Å²) in [5, 5.41) is 4.80. The summed E-state index contributed by atoms with van der Waals surface area (Å²) in [4.78, 5) is 19.0. The first-order valence-electron chi connectivity index (χ1n) is 11.7. The average molecular weight is 464 g/mol. The van der Waals surface area contributed by atoms with Gasteiger partial charge >= 0.3 is 0 Å². The molecule has 0 fully saturated rings. The van der Waals surface area contributed by atoms with Crippen LogP contribution < -0.4 is 4.74 Å². The van der Waals surface area contributed by atoms with Crippen molar-refractivity contribution < 1.29 is 4.74 Å². The number of rotatable bonds is 5. The van der Waals surface area contributed by atoms with E-state index >= 15 is 0 Å². The number of aromatic nitrogens is 7. The van der Waals surface area contributed by atoms with Crippen molar-refractivity contribution in [2.45, 2.75) is 32.2 Å². The number of imidazole rings is 1. The Balaban J connectivity index is 1.35. The predicted molar refractivity (Wildman–Crippen MR) is 132 cm³/mol. The Bertz CT molecular complexity index is 1490. The molecular formula is C27H25N7O. The number of pyridine rings is 2. The molecule has 0 spiro atoms. The Labute approximate surface area is 203 Å². The summed E-state index contributed by atoms with van der Waals surface area (Å²) in [5.74, 6) is 2.11. The second kappa shape index (κ2) is 8.79. The van der Waals surface area contributed by atoms with E-state index in [0.717, 1.165) is 53.5 Å². The molecule has 1 aliphatic heterocycles. The molecule has 8 heteroatoms. The van der Waals surface area contributed by atoms with Crippen molar-refractivity contribution >= 4 is 0 Å². The first kappa shape index (κ1) is 21.2. The second-order valence-corrected chi connectivity index (χ2v) is 8.67. The molecule has 4 aromatic heterocycles. The molecule has 0 N–H and O–H groups in total. The zero-order chi connectivity index (χ0) is 23.8. The number of ether oxygens (including phenoxy) is 1. The molecule has 5 aromatic rings. The van der Waals surface area contributed by atoms with Gasteiger partial charge in [-0.1, -0.05) is 36.4 Å². The van der Waals surface area contributed by atoms with Gasteiger partial charge < -0.3 is 9.30 Å². The largest absolute Gasteiger partial charge is 0.479 e. The third-order valence-electron chi connectivity index (χ3n) is 6.32. The zero-order valence-electron chi connectivity index (χ0n) is 19.7.